The van der Waals surface area contributed by atoms with Crippen molar-refractivity contribution in [1.82, 2.24) is 5.48 Å². The maximum Gasteiger partial charge on any atom is 0.212 e. The van der Waals surface area contributed by atoms with E-state index in [1.165, 1.54) is 12.8 Å². The van der Waals surface area contributed by atoms with Crippen LogP contribution in [-0.4, -0.2) is 31.4 Å². The van der Waals surface area contributed by atoms with E-state index in [0.717, 1.165) is 13.0 Å². The number of rotatable bonds is 5. The van der Waals surface area contributed by atoms with Gasteiger partial charge in [0.2, 0.25) is 5.96 Å². The zero-order valence-electron chi connectivity index (χ0n) is 7.92. The van der Waals surface area contributed by atoms with Gasteiger partial charge in [-0.3, -0.25) is 10.2 Å². The number of hydrogen-bond donors (Lipinski definition) is 3. The highest BCUT2D eigenvalue weighted by Crippen LogP contribution is 2.48. The summed E-state index contributed by atoms with van der Waals surface area (Å²) < 4.78 is 5.01. The molecule has 0 bridgehead atoms. The van der Waals surface area contributed by atoms with Crippen molar-refractivity contribution in [2.75, 3.05) is 20.3 Å². The number of hydroxylamine groups is 1. The van der Waals surface area contributed by atoms with Gasteiger partial charge in [0.05, 0.1) is 0 Å². The summed E-state index contributed by atoms with van der Waals surface area (Å²) in [6.07, 6.45) is 3.38. The van der Waals surface area contributed by atoms with E-state index in [2.05, 4.69) is 4.99 Å². The van der Waals surface area contributed by atoms with Crippen molar-refractivity contribution in [2.24, 2.45) is 16.1 Å². The first-order valence-corrected chi connectivity index (χ1v) is 4.41. The Kier molecular flexibility index (Phi) is 3.50. The van der Waals surface area contributed by atoms with E-state index in [1.54, 1.807) is 7.11 Å². The molecule has 1 aliphatic rings. The molecule has 0 atom stereocenters. The maximum atomic E-state index is 8.40. The van der Waals surface area contributed by atoms with Gasteiger partial charge in [0.25, 0.3) is 0 Å². The van der Waals surface area contributed by atoms with Gasteiger partial charge in [0.1, 0.15) is 0 Å². The molecule has 1 aliphatic carbocycles. The van der Waals surface area contributed by atoms with Crippen LogP contribution in [0, 0.1) is 5.41 Å². The van der Waals surface area contributed by atoms with Crippen molar-refractivity contribution in [1.29, 1.82) is 0 Å². The number of nitrogens with one attached hydrogen (secondary N) is 1. The molecule has 1 rings (SSSR count). The van der Waals surface area contributed by atoms with Gasteiger partial charge >= 0.3 is 0 Å². The Morgan fingerprint density at radius 1 is 1.69 bits per heavy atom. The second-order valence-electron chi connectivity index (χ2n) is 3.56. The maximum absolute atomic E-state index is 8.40. The fourth-order valence-electron chi connectivity index (χ4n) is 1.27. The molecule has 4 N–H and O–H groups in total. The van der Waals surface area contributed by atoms with Crippen molar-refractivity contribution >= 4 is 5.96 Å². The van der Waals surface area contributed by atoms with Gasteiger partial charge in [0, 0.05) is 20.3 Å². The van der Waals surface area contributed by atoms with Crippen molar-refractivity contribution in [3.05, 3.63) is 0 Å². The number of nitrogens with zero attached hydrogens (tertiary/aromatic N) is 1. The van der Waals surface area contributed by atoms with Gasteiger partial charge in [-0.1, -0.05) is 0 Å². The molecule has 76 valence electrons. The first-order valence-electron chi connectivity index (χ1n) is 4.41. The molecule has 0 aromatic heterocycles. The normalized spacial score (nSPS) is 20.0. The summed E-state index contributed by atoms with van der Waals surface area (Å²) in [5.41, 5.74) is 7.40. The number of guanidine groups is 1. The monoisotopic (exact) mass is 187 g/mol. The Hall–Kier alpha value is -0.810. The lowest BCUT2D eigenvalue weighted by Gasteiger charge is -2.11. The van der Waals surface area contributed by atoms with E-state index >= 15 is 0 Å². The predicted molar refractivity (Wildman–Crippen MR) is 49.6 cm³/mol. The van der Waals surface area contributed by atoms with Crippen LogP contribution in [0.1, 0.15) is 19.3 Å². The van der Waals surface area contributed by atoms with E-state index in [4.69, 9.17) is 15.7 Å². The first kappa shape index (κ1) is 10.3. The zero-order chi connectivity index (χ0) is 9.73. The van der Waals surface area contributed by atoms with Gasteiger partial charge in [-0.2, -0.15) is 0 Å². The molecular weight excluding hydrogens is 170 g/mol. The summed E-state index contributed by atoms with van der Waals surface area (Å²) in [7, 11) is 1.70. The standard InChI is InChI=1S/C8H17N3O2/c1-13-5-4-8(2-3-8)6-10-7(9)11-12/h12H,2-6H2,1H3,(H3,9,10,11). The minimum absolute atomic E-state index is 0.0868. The minimum Gasteiger partial charge on any atom is -0.385 e. The van der Waals surface area contributed by atoms with Gasteiger partial charge < -0.3 is 10.5 Å². The highest BCUT2D eigenvalue weighted by molar-refractivity contribution is 5.76. The van der Waals surface area contributed by atoms with Crippen molar-refractivity contribution in [3.63, 3.8) is 0 Å². The summed E-state index contributed by atoms with van der Waals surface area (Å²) in [5, 5.41) is 8.40. The van der Waals surface area contributed by atoms with Crippen molar-refractivity contribution in [2.45, 2.75) is 19.3 Å². The molecule has 1 fully saturated rings. The molecule has 0 heterocycles. The zero-order valence-corrected chi connectivity index (χ0v) is 7.92. The Balaban J connectivity index is 2.27. The van der Waals surface area contributed by atoms with Gasteiger partial charge in [-0.25, -0.2) is 5.48 Å². The number of methoxy groups -OCH3 is 1. The van der Waals surface area contributed by atoms with E-state index < -0.39 is 0 Å². The van der Waals surface area contributed by atoms with Crippen LogP contribution < -0.4 is 11.2 Å². The summed E-state index contributed by atoms with van der Waals surface area (Å²) >= 11 is 0. The van der Waals surface area contributed by atoms with Crippen LogP contribution in [0.25, 0.3) is 0 Å². The Morgan fingerprint density at radius 3 is 2.85 bits per heavy atom. The van der Waals surface area contributed by atoms with Crippen molar-refractivity contribution < 1.29 is 9.94 Å². The smallest absolute Gasteiger partial charge is 0.212 e. The summed E-state index contributed by atoms with van der Waals surface area (Å²) in [6, 6.07) is 0. The Morgan fingerprint density at radius 2 is 2.38 bits per heavy atom. The van der Waals surface area contributed by atoms with E-state index in [-0.39, 0.29) is 11.4 Å². The molecular formula is C8H17N3O2. The molecule has 13 heavy (non-hydrogen) atoms. The fourth-order valence-corrected chi connectivity index (χ4v) is 1.27. The summed E-state index contributed by atoms with van der Waals surface area (Å²) in [5.74, 6) is 0.0868. The third-order valence-electron chi connectivity index (χ3n) is 2.49. The summed E-state index contributed by atoms with van der Waals surface area (Å²) in [4.78, 5) is 4.01. The Bertz CT molecular complexity index is 190. The van der Waals surface area contributed by atoms with Crippen LogP contribution in [0.15, 0.2) is 4.99 Å². The molecule has 0 aromatic rings. The van der Waals surface area contributed by atoms with Crippen LogP contribution in [0.3, 0.4) is 0 Å². The molecule has 0 aliphatic heterocycles. The van der Waals surface area contributed by atoms with Crippen molar-refractivity contribution in [3.8, 4) is 0 Å². The number of nitrogens with two attached hydrogens (primary N) is 1. The van der Waals surface area contributed by atoms with E-state index in [9.17, 15) is 0 Å². The van der Waals surface area contributed by atoms with E-state index in [1.807, 2.05) is 5.48 Å². The molecule has 0 saturated heterocycles. The third kappa shape index (κ3) is 3.20. The molecule has 0 amide bonds. The lowest BCUT2D eigenvalue weighted by atomic mass is 10.0. The fraction of sp³-hybridized carbons (Fsp3) is 0.875. The molecule has 5 nitrogen and oxygen atoms in total. The topological polar surface area (TPSA) is 79.9 Å². The number of hydrogen-bond acceptors (Lipinski definition) is 3. The molecule has 0 spiro atoms. The lowest BCUT2D eigenvalue weighted by Crippen LogP contribution is -2.29. The highest BCUT2D eigenvalue weighted by Gasteiger charge is 2.41. The predicted octanol–water partition coefficient (Wildman–Crippen LogP) is 0.0966. The van der Waals surface area contributed by atoms with Crippen LogP contribution in [0.5, 0.6) is 0 Å². The molecule has 5 heteroatoms. The third-order valence-corrected chi connectivity index (χ3v) is 2.49. The van der Waals surface area contributed by atoms with Crippen LogP contribution in [0.4, 0.5) is 0 Å². The lowest BCUT2D eigenvalue weighted by molar-refractivity contribution is 0.173. The van der Waals surface area contributed by atoms with Gasteiger partial charge in [-0.15, -0.1) is 0 Å². The first-order chi connectivity index (χ1) is 6.22. The van der Waals surface area contributed by atoms with Gasteiger partial charge in [-0.05, 0) is 24.7 Å². The number of aliphatic imine (C=N–C) groups is 1. The van der Waals surface area contributed by atoms with Gasteiger partial charge in [0.15, 0.2) is 0 Å². The Labute approximate surface area is 77.9 Å². The largest absolute Gasteiger partial charge is 0.385 e. The molecule has 0 unspecified atom stereocenters. The van der Waals surface area contributed by atoms with E-state index in [0.29, 0.717) is 6.54 Å². The molecule has 0 aromatic carbocycles. The second-order valence-corrected chi connectivity index (χ2v) is 3.56. The minimum atomic E-state index is 0.0868. The molecule has 1 saturated carbocycles. The summed E-state index contributed by atoms with van der Waals surface area (Å²) in [6.45, 7) is 1.44. The second kappa shape index (κ2) is 4.43. The number of ether oxygens (including phenoxy) is 1. The quantitative estimate of drug-likeness (QED) is 0.324. The van der Waals surface area contributed by atoms with Crippen LogP contribution >= 0.6 is 0 Å². The molecule has 0 radical (unpaired) electrons. The average molecular weight is 187 g/mol. The van der Waals surface area contributed by atoms with Crippen LogP contribution in [-0.2, 0) is 4.74 Å². The SMILES string of the molecule is COCCC1(CN=C(N)NO)CC1. The highest BCUT2D eigenvalue weighted by atomic mass is 16.5. The average Bonchev–Trinajstić information content (AvgIpc) is 2.92. The van der Waals surface area contributed by atoms with Crippen LogP contribution in [0.2, 0.25) is 0 Å².